The summed E-state index contributed by atoms with van der Waals surface area (Å²) in [5.74, 6) is 0.982. The maximum atomic E-state index is 5.30. The molecule has 0 fully saturated rings. The molecule has 1 aromatic carbocycles. The third-order valence-corrected chi connectivity index (χ3v) is 2.24. The Bertz CT molecular complexity index is 273. The second-order valence-electron chi connectivity index (χ2n) is 3.55. The molecule has 0 aromatic heterocycles. The zero-order valence-corrected chi connectivity index (χ0v) is 9.29. The molecule has 0 bridgehead atoms. The first-order valence-electron chi connectivity index (χ1n) is 5.08. The number of ether oxygens (including phenoxy) is 1. The van der Waals surface area contributed by atoms with Crippen LogP contribution >= 0.6 is 0 Å². The Morgan fingerprint density at radius 2 is 2.00 bits per heavy atom. The van der Waals surface area contributed by atoms with Gasteiger partial charge in [-0.3, -0.25) is 0 Å². The first-order valence-corrected chi connectivity index (χ1v) is 5.08. The third kappa shape index (κ3) is 3.04. The Morgan fingerprint density at radius 1 is 1.29 bits per heavy atom. The van der Waals surface area contributed by atoms with Crippen LogP contribution in [0.2, 0.25) is 0 Å². The van der Waals surface area contributed by atoms with Crippen molar-refractivity contribution in [2.24, 2.45) is 0 Å². The molecule has 0 heterocycles. The van der Waals surface area contributed by atoms with Gasteiger partial charge in [0.05, 0.1) is 7.11 Å². The van der Waals surface area contributed by atoms with E-state index in [1.807, 2.05) is 12.1 Å². The minimum atomic E-state index is 0.956. The van der Waals surface area contributed by atoms with E-state index in [0.717, 1.165) is 18.8 Å². The van der Waals surface area contributed by atoms with Gasteiger partial charge < -0.3 is 9.64 Å². The van der Waals surface area contributed by atoms with Crippen LogP contribution in [0.3, 0.4) is 0 Å². The highest BCUT2D eigenvalue weighted by molar-refractivity contribution is 5.32. The molecule has 1 aromatic rings. The monoisotopic (exact) mass is 193 g/mol. The molecule has 0 atom stereocenters. The van der Waals surface area contributed by atoms with Gasteiger partial charge in [-0.2, -0.15) is 0 Å². The topological polar surface area (TPSA) is 12.5 Å². The van der Waals surface area contributed by atoms with Crippen LogP contribution in [0.1, 0.15) is 18.9 Å². The van der Waals surface area contributed by atoms with E-state index < -0.39 is 0 Å². The van der Waals surface area contributed by atoms with Gasteiger partial charge in [-0.15, -0.1) is 0 Å². The highest BCUT2D eigenvalue weighted by Gasteiger charge is 2.03. The van der Waals surface area contributed by atoms with Crippen LogP contribution < -0.4 is 4.74 Å². The first-order chi connectivity index (χ1) is 6.77. The van der Waals surface area contributed by atoms with Crippen LogP contribution in [0, 0.1) is 0 Å². The van der Waals surface area contributed by atoms with E-state index in [9.17, 15) is 0 Å². The fourth-order valence-electron chi connectivity index (χ4n) is 1.59. The molecule has 0 spiro atoms. The highest BCUT2D eigenvalue weighted by Crippen LogP contribution is 2.18. The maximum absolute atomic E-state index is 5.30. The van der Waals surface area contributed by atoms with Gasteiger partial charge in [0, 0.05) is 12.1 Å². The predicted octanol–water partition coefficient (Wildman–Crippen LogP) is 2.54. The summed E-state index contributed by atoms with van der Waals surface area (Å²) < 4.78 is 5.30. The van der Waals surface area contributed by atoms with Crippen molar-refractivity contribution in [3.05, 3.63) is 29.8 Å². The summed E-state index contributed by atoms with van der Waals surface area (Å²) in [6, 6.07) is 8.18. The van der Waals surface area contributed by atoms with Gasteiger partial charge in [-0.1, -0.05) is 25.1 Å². The van der Waals surface area contributed by atoms with Crippen molar-refractivity contribution in [3.8, 4) is 5.75 Å². The molecule has 0 saturated carbocycles. The number of para-hydroxylation sites is 1. The van der Waals surface area contributed by atoms with Gasteiger partial charge in [-0.05, 0) is 26.1 Å². The number of nitrogens with zero attached hydrogens (tertiary/aromatic N) is 1. The Balaban J connectivity index is 2.65. The van der Waals surface area contributed by atoms with E-state index in [1.54, 1.807) is 7.11 Å². The summed E-state index contributed by atoms with van der Waals surface area (Å²) in [7, 11) is 3.86. The van der Waals surface area contributed by atoms with Crippen LogP contribution in [-0.4, -0.2) is 25.6 Å². The van der Waals surface area contributed by atoms with Gasteiger partial charge in [0.25, 0.3) is 0 Å². The zero-order chi connectivity index (χ0) is 10.4. The summed E-state index contributed by atoms with van der Waals surface area (Å²) in [6.45, 7) is 4.27. The molecule has 2 heteroatoms. The molecular formula is C12H19NO. The quantitative estimate of drug-likeness (QED) is 0.712. The van der Waals surface area contributed by atoms with E-state index in [1.165, 1.54) is 12.0 Å². The largest absolute Gasteiger partial charge is 0.496 e. The van der Waals surface area contributed by atoms with Gasteiger partial charge >= 0.3 is 0 Å². The smallest absolute Gasteiger partial charge is 0.123 e. The fourth-order valence-corrected chi connectivity index (χ4v) is 1.59. The molecule has 0 radical (unpaired) electrons. The van der Waals surface area contributed by atoms with Crippen molar-refractivity contribution in [2.75, 3.05) is 20.7 Å². The van der Waals surface area contributed by atoms with Crippen molar-refractivity contribution in [2.45, 2.75) is 19.9 Å². The van der Waals surface area contributed by atoms with Gasteiger partial charge in [-0.25, -0.2) is 0 Å². The molecule has 1 rings (SSSR count). The molecule has 2 nitrogen and oxygen atoms in total. The summed E-state index contributed by atoms with van der Waals surface area (Å²) >= 11 is 0. The normalized spacial score (nSPS) is 10.6. The second-order valence-corrected chi connectivity index (χ2v) is 3.55. The maximum Gasteiger partial charge on any atom is 0.123 e. The van der Waals surface area contributed by atoms with Gasteiger partial charge in [0.15, 0.2) is 0 Å². The van der Waals surface area contributed by atoms with Crippen LogP contribution in [-0.2, 0) is 6.54 Å². The molecule has 0 aliphatic rings. The third-order valence-electron chi connectivity index (χ3n) is 2.24. The molecule has 0 amide bonds. The average molecular weight is 193 g/mol. The van der Waals surface area contributed by atoms with E-state index in [-0.39, 0.29) is 0 Å². The standard InChI is InChI=1S/C12H19NO/c1-4-9-13(2)10-11-7-5-6-8-12(11)14-3/h5-8H,4,9-10H2,1-3H3. The van der Waals surface area contributed by atoms with E-state index >= 15 is 0 Å². The van der Waals surface area contributed by atoms with E-state index in [2.05, 4.69) is 31.0 Å². The minimum Gasteiger partial charge on any atom is -0.496 e. The van der Waals surface area contributed by atoms with Crippen LogP contribution in [0.4, 0.5) is 0 Å². The van der Waals surface area contributed by atoms with Crippen LogP contribution in [0.5, 0.6) is 5.75 Å². The molecule has 0 N–H and O–H groups in total. The Labute approximate surface area is 86.5 Å². The number of hydrogen-bond acceptors (Lipinski definition) is 2. The van der Waals surface area contributed by atoms with Crippen molar-refractivity contribution >= 4 is 0 Å². The molecular weight excluding hydrogens is 174 g/mol. The van der Waals surface area contributed by atoms with Crippen molar-refractivity contribution in [1.29, 1.82) is 0 Å². The molecule has 14 heavy (non-hydrogen) atoms. The number of methoxy groups -OCH3 is 1. The Hall–Kier alpha value is -1.02. The van der Waals surface area contributed by atoms with E-state index in [0.29, 0.717) is 0 Å². The molecule has 0 saturated heterocycles. The first kappa shape index (κ1) is 11.1. The molecule has 0 unspecified atom stereocenters. The van der Waals surface area contributed by atoms with Crippen molar-refractivity contribution < 1.29 is 4.74 Å². The number of rotatable bonds is 5. The van der Waals surface area contributed by atoms with Crippen molar-refractivity contribution in [3.63, 3.8) is 0 Å². The highest BCUT2D eigenvalue weighted by atomic mass is 16.5. The minimum absolute atomic E-state index is 0.956. The zero-order valence-electron chi connectivity index (χ0n) is 9.29. The number of benzene rings is 1. The number of hydrogen-bond donors (Lipinski definition) is 0. The lowest BCUT2D eigenvalue weighted by molar-refractivity contribution is 0.318. The van der Waals surface area contributed by atoms with Crippen LogP contribution in [0.25, 0.3) is 0 Å². The Morgan fingerprint density at radius 3 is 2.64 bits per heavy atom. The Kier molecular flexibility index (Phi) is 4.47. The molecule has 78 valence electrons. The summed E-state index contributed by atoms with van der Waals surface area (Å²) in [4.78, 5) is 2.30. The summed E-state index contributed by atoms with van der Waals surface area (Å²) in [5.41, 5.74) is 1.26. The van der Waals surface area contributed by atoms with Crippen LogP contribution in [0.15, 0.2) is 24.3 Å². The summed E-state index contributed by atoms with van der Waals surface area (Å²) in [5, 5.41) is 0. The average Bonchev–Trinajstić information content (AvgIpc) is 2.19. The lowest BCUT2D eigenvalue weighted by atomic mass is 10.2. The predicted molar refractivity (Wildman–Crippen MR) is 59.6 cm³/mol. The van der Waals surface area contributed by atoms with Gasteiger partial charge in [0.1, 0.15) is 5.75 Å². The lowest BCUT2D eigenvalue weighted by Gasteiger charge is -2.17. The van der Waals surface area contributed by atoms with Gasteiger partial charge in [0.2, 0.25) is 0 Å². The summed E-state index contributed by atoms with van der Waals surface area (Å²) in [6.07, 6.45) is 1.19. The fraction of sp³-hybridized carbons (Fsp3) is 0.500. The molecule has 0 aliphatic heterocycles. The SMILES string of the molecule is CCCN(C)Cc1ccccc1OC. The molecule has 0 aliphatic carbocycles. The second kappa shape index (κ2) is 5.66. The van der Waals surface area contributed by atoms with Crippen molar-refractivity contribution in [1.82, 2.24) is 4.90 Å². The lowest BCUT2D eigenvalue weighted by Crippen LogP contribution is -2.18. The van der Waals surface area contributed by atoms with E-state index in [4.69, 9.17) is 4.74 Å².